The lowest BCUT2D eigenvalue weighted by Gasteiger charge is -2.09. The smallest absolute Gasteiger partial charge is 0.310 e. The van der Waals surface area contributed by atoms with E-state index >= 15 is 0 Å². The number of benzene rings is 2. The number of nitrogens with one attached hydrogen (secondary N) is 1. The second-order valence-corrected chi connectivity index (χ2v) is 6.96. The standard InChI is InChI=1S/C18H21NO4S/c1-3-14-7-11-17(12-8-14)24(21,22)19-16-9-5-15(6-10-16)13-18(20)23-4-2/h5-12,19H,3-4,13H2,1-2H3. The minimum Gasteiger partial charge on any atom is -0.466 e. The molecule has 2 rings (SSSR count). The summed E-state index contributed by atoms with van der Waals surface area (Å²) in [4.78, 5) is 11.6. The fourth-order valence-corrected chi connectivity index (χ4v) is 3.25. The molecule has 6 heteroatoms. The van der Waals surface area contributed by atoms with Crippen molar-refractivity contribution >= 4 is 21.7 Å². The predicted octanol–water partition coefficient (Wildman–Crippen LogP) is 3.16. The van der Waals surface area contributed by atoms with E-state index in [0.717, 1.165) is 17.5 Å². The Labute approximate surface area is 142 Å². The summed E-state index contributed by atoms with van der Waals surface area (Å²) in [5.41, 5.74) is 2.29. The highest BCUT2D eigenvalue weighted by molar-refractivity contribution is 7.92. The number of rotatable bonds is 7. The van der Waals surface area contributed by atoms with Crippen molar-refractivity contribution in [2.24, 2.45) is 0 Å². The highest BCUT2D eigenvalue weighted by Gasteiger charge is 2.14. The van der Waals surface area contributed by atoms with E-state index in [1.807, 2.05) is 6.92 Å². The third-order valence-electron chi connectivity index (χ3n) is 3.50. The Hall–Kier alpha value is -2.34. The molecule has 0 aliphatic rings. The first-order valence-electron chi connectivity index (χ1n) is 7.81. The number of esters is 1. The van der Waals surface area contributed by atoms with Gasteiger partial charge in [-0.05, 0) is 48.7 Å². The summed E-state index contributed by atoms with van der Waals surface area (Å²) >= 11 is 0. The molecule has 0 aliphatic carbocycles. The Morgan fingerprint density at radius 1 is 0.958 bits per heavy atom. The Morgan fingerprint density at radius 2 is 1.54 bits per heavy atom. The number of carbonyl (C=O) groups excluding carboxylic acids is 1. The van der Waals surface area contributed by atoms with Crippen molar-refractivity contribution < 1.29 is 17.9 Å². The molecule has 0 saturated carbocycles. The first kappa shape index (κ1) is 18.0. The number of sulfonamides is 1. The van der Waals surface area contributed by atoms with E-state index in [4.69, 9.17) is 4.74 Å². The summed E-state index contributed by atoms with van der Waals surface area (Å²) in [6.07, 6.45) is 1.02. The molecule has 0 spiro atoms. The van der Waals surface area contributed by atoms with Crippen molar-refractivity contribution in [3.63, 3.8) is 0 Å². The van der Waals surface area contributed by atoms with Gasteiger partial charge >= 0.3 is 5.97 Å². The van der Waals surface area contributed by atoms with Gasteiger partial charge in [-0.15, -0.1) is 0 Å². The predicted molar refractivity (Wildman–Crippen MR) is 93.4 cm³/mol. The van der Waals surface area contributed by atoms with Gasteiger partial charge in [0.05, 0.1) is 17.9 Å². The van der Waals surface area contributed by atoms with E-state index in [1.165, 1.54) is 0 Å². The van der Waals surface area contributed by atoms with Crippen LogP contribution in [0.2, 0.25) is 0 Å². The maximum atomic E-state index is 12.4. The number of carbonyl (C=O) groups is 1. The maximum Gasteiger partial charge on any atom is 0.310 e. The molecule has 2 aromatic rings. The second kappa shape index (κ2) is 7.97. The Morgan fingerprint density at radius 3 is 2.08 bits per heavy atom. The highest BCUT2D eigenvalue weighted by atomic mass is 32.2. The van der Waals surface area contributed by atoms with E-state index < -0.39 is 10.0 Å². The number of hydrogen-bond donors (Lipinski definition) is 1. The Kier molecular flexibility index (Phi) is 5.98. The van der Waals surface area contributed by atoms with Crippen molar-refractivity contribution in [1.82, 2.24) is 0 Å². The van der Waals surface area contributed by atoms with E-state index in [2.05, 4.69) is 4.72 Å². The normalized spacial score (nSPS) is 11.1. The van der Waals surface area contributed by atoms with Crippen LogP contribution in [-0.4, -0.2) is 21.0 Å². The van der Waals surface area contributed by atoms with Crippen LogP contribution in [0.5, 0.6) is 0 Å². The zero-order valence-electron chi connectivity index (χ0n) is 13.8. The SMILES string of the molecule is CCOC(=O)Cc1ccc(NS(=O)(=O)c2ccc(CC)cc2)cc1. The first-order chi connectivity index (χ1) is 11.4. The zero-order chi connectivity index (χ0) is 17.6. The molecule has 0 bridgehead atoms. The van der Waals surface area contributed by atoms with Gasteiger partial charge in [-0.25, -0.2) is 8.42 Å². The fraction of sp³-hybridized carbons (Fsp3) is 0.278. The molecule has 0 saturated heterocycles. The topological polar surface area (TPSA) is 72.5 Å². The lowest BCUT2D eigenvalue weighted by atomic mass is 10.1. The summed E-state index contributed by atoms with van der Waals surface area (Å²) in [5.74, 6) is -0.304. The lowest BCUT2D eigenvalue weighted by molar-refractivity contribution is -0.142. The van der Waals surface area contributed by atoms with Crippen LogP contribution in [0.4, 0.5) is 5.69 Å². The zero-order valence-corrected chi connectivity index (χ0v) is 14.6. The van der Waals surface area contributed by atoms with Gasteiger partial charge < -0.3 is 4.74 Å². The van der Waals surface area contributed by atoms with Gasteiger partial charge in [-0.3, -0.25) is 9.52 Å². The van der Waals surface area contributed by atoms with Crippen LogP contribution in [0, 0.1) is 0 Å². The molecule has 0 fully saturated rings. The molecule has 5 nitrogen and oxygen atoms in total. The van der Waals surface area contributed by atoms with Crippen molar-refractivity contribution in [3.05, 3.63) is 59.7 Å². The van der Waals surface area contributed by atoms with E-state index in [9.17, 15) is 13.2 Å². The summed E-state index contributed by atoms with van der Waals surface area (Å²) in [6, 6.07) is 13.5. The molecule has 2 aromatic carbocycles. The number of aryl methyl sites for hydroxylation is 1. The molecule has 1 N–H and O–H groups in total. The van der Waals surface area contributed by atoms with Crippen molar-refractivity contribution in [1.29, 1.82) is 0 Å². The molecular formula is C18H21NO4S. The minimum absolute atomic E-state index is 0.166. The largest absolute Gasteiger partial charge is 0.466 e. The summed E-state index contributed by atoms with van der Waals surface area (Å²) in [7, 11) is -3.62. The molecule has 24 heavy (non-hydrogen) atoms. The van der Waals surface area contributed by atoms with Gasteiger partial charge in [0.2, 0.25) is 0 Å². The van der Waals surface area contributed by atoms with Gasteiger partial charge in [0, 0.05) is 5.69 Å². The quantitative estimate of drug-likeness (QED) is 0.781. The third-order valence-corrected chi connectivity index (χ3v) is 4.90. The van der Waals surface area contributed by atoms with Crippen molar-refractivity contribution in [2.45, 2.75) is 31.6 Å². The van der Waals surface area contributed by atoms with E-state index in [-0.39, 0.29) is 17.3 Å². The number of hydrogen-bond acceptors (Lipinski definition) is 4. The molecular weight excluding hydrogens is 326 g/mol. The molecule has 0 unspecified atom stereocenters. The lowest BCUT2D eigenvalue weighted by Crippen LogP contribution is -2.13. The Bertz CT molecular complexity index is 781. The van der Waals surface area contributed by atoms with Crippen LogP contribution in [-0.2, 0) is 32.4 Å². The van der Waals surface area contributed by atoms with Gasteiger partial charge in [0.1, 0.15) is 0 Å². The summed E-state index contributed by atoms with van der Waals surface area (Å²) < 4.78 is 32.1. The molecule has 0 aliphatic heterocycles. The molecule has 0 heterocycles. The molecule has 0 aromatic heterocycles. The maximum absolute atomic E-state index is 12.4. The Balaban J connectivity index is 2.07. The average Bonchev–Trinajstić information content (AvgIpc) is 2.57. The second-order valence-electron chi connectivity index (χ2n) is 5.28. The van der Waals surface area contributed by atoms with Gasteiger partial charge in [0.25, 0.3) is 10.0 Å². The van der Waals surface area contributed by atoms with Crippen LogP contribution in [0.3, 0.4) is 0 Å². The third kappa shape index (κ3) is 4.83. The van der Waals surface area contributed by atoms with Gasteiger partial charge in [0.15, 0.2) is 0 Å². The van der Waals surface area contributed by atoms with Crippen molar-refractivity contribution in [3.8, 4) is 0 Å². The van der Waals surface area contributed by atoms with Gasteiger partial charge in [-0.1, -0.05) is 31.2 Å². The number of ether oxygens (including phenoxy) is 1. The summed E-state index contributed by atoms with van der Waals surface area (Å²) in [6.45, 7) is 4.11. The average molecular weight is 347 g/mol. The van der Waals surface area contributed by atoms with Crippen LogP contribution in [0.15, 0.2) is 53.4 Å². The summed E-state index contributed by atoms with van der Waals surface area (Å²) in [5, 5.41) is 0. The molecule has 0 amide bonds. The first-order valence-corrected chi connectivity index (χ1v) is 9.29. The van der Waals surface area contributed by atoms with Crippen LogP contribution < -0.4 is 4.72 Å². The highest BCUT2D eigenvalue weighted by Crippen LogP contribution is 2.17. The van der Waals surface area contributed by atoms with E-state index in [0.29, 0.717) is 12.3 Å². The van der Waals surface area contributed by atoms with Crippen LogP contribution >= 0.6 is 0 Å². The monoisotopic (exact) mass is 347 g/mol. The molecule has 0 radical (unpaired) electrons. The van der Waals surface area contributed by atoms with E-state index in [1.54, 1.807) is 55.5 Å². The molecule has 128 valence electrons. The van der Waals surface area contributed by atoms with Gasteiger partial charge in [-0.2, -0.15) is 0 Å². The molecule has 0 atom stereocenters. The fourth-order valence-electron chi connectivity index (χ4n) is 2.19. The number of anilines is 1. The van der Waals surface area contributed by atoms with Crippen LogP contribution in [0.25, 0.3) is 0 Å². The van der Waals surface area contributed by atoms with Crippen molar-refractivity contribution in [2.75, 3.05) is 11.3 Å². The van der Waals surface area contributed by atoms with Crippen LogP contribution in [0.1, 0.15) is 25.0 Å². The minimum atomic E-state index is -3.62.